The van der Waals surface area contributed by atoms with Crippen LogP contribution in [0.5, 0.6) is 0 Å². The first kappa shape index (κ1) is 42.5. The van der Waals surface area contributed by atoms with E-state index in [-0.39, 0.29) is 0 Å². The molecule has 340 valence electrons. The number of hydrogen-bond donors (Lipinski definition) is 0. The highest BCUT2D eigenvalue weighted by Crippen LogP contribution is 2.58. The maximum Gasteiger partial charge on any atom is 0.0713 e. The molecule has 1 atom stereocenters. The minimum Gasteiger partial charge on any atom is -0.0622 e. The standard InChI is InChI=1S/C73H48/c1-5-21-49(22-6-1)52-37-40-58(41-38-52)73(57-27-11-4-12-28-57)69-36-20-19-31-62(69)63-42-39-53(48-70(63)73)71-64-32-15-17-34-66(64)72(67-35-18-16-33-65(67)71)68-44-43-59(60-29-13-14-30-61(60)68)56-46-54(50-23-7-2-8-24-50)45-55(47-56)51-25-9-3-10-26-51/h1-48H. The second kappa shape index (κ2) is 17.5. The Labute approximate surface area is 426 Å². The molecule has 0 aliphatic heterocycles. The molecule has 13 aromatic carbocycles. The summed E-state index contributed by atoms with van der Waals surface area (Å²) in [5.74, 6) is 0. The van der Waals surface area contributed by atoms with Gasteiger partial charge in [0.05, 0.1) is 5.41 Å². The molecule has 0 aromatic heterocycles. The molecular formula is C73H48. The Morgan fingerprint density at radius 1 is 0.178 bits per heavy atom. The topological polar surface area (TPSA) is 0 Å². The fourth-order valence-electron chi connectivity index (χ4n) is 12.3. The average Bonchev–Trinajstić information content (AvgIpc) is 3.78. The van der Waals surface area contributed by atoms with E-state index in [4.69, 9.17) is 0 Å². The van der Waals surface area contributed by atoms with Crippen LogP contribution in [0.4, 0.5) is 0 Å². The summed E-state index contributed by atoms with van der Waals surface area (Å²) < 4.78 is 0. The van der Waals surface area contributed by atoms with Crippen molar-refractivity contribution in [3.8, 4) is 77.9 Å². The van der Waals surface area contributed by atoms with Crippen LogP contribution < -0.4 is 0 Å². The van der Waals surface area contributed by atoms with E-state index in [1.807, 2.05) is 0 Å². The van der Waals surface area contributed by atoms with Crippen molar-refractivity contribution in [2.45, 2.75) is 5.41 Å². The molecule has 1 aliphatic carbocycles. The lowest BCUT2D eigenvalue weighted by Gasteiger charge is -2.34. The van der Waals surface area contributed by atoms with Crippen molar-refractivity contribution in [3.05, 3.63) is 313 Å². The van der Waals surface area contributed by atoms with E-state index in [1.165, 1.54) is 132 Å². The normalized spacial score (nSPS) is 13.8. The van der Waals surface area contributed by atoms with Crippen molar-refractivity contribution < 1.29 is 0 Å². The second-order valence-electron chi connectivity index (χ2n) is 19.4. The van der Waals surface area contributed by atoms with Gasteiger partial charge in [0.2, 0.25) is 0 Å². The Balaban J connectivity index is 0.979. The number of fused-ring (bicyclic) bond motifs is 6. The van der Waals surface area contributed by atoms with Crippen LogP contribution in [0.3, 0.4) is 0 Å². The van der Waals surface area contributed by atoms with Crippen molar-refractivity contribution in [1.29, 1.82) is 0 Å². The zero-order chi connectivity index (χ0) is 48.3. The van der Waals surface area contributed by atoms with Crippen LogP contribution in [0.2, 0.25) is 0 Å². The van der Waals surface area contributed by atoms with Crippen molar-refractivity contribution in [2.75, 3.05) is 0 Å². The summed E-state index contributed by atoms with van der Waals surface area (Å²) in [4.78, 5) is 0. The maximum absolute atomic E-state index is 2.53. The van der Waals surface area contributed by atoms with Gasteiger partial charge >= 0.3 is 0 Å². The quantitative estimate of drug-likeness (QED) is 0.133. The fraction of sp³-hybridized carbons (Fsp3) is 0.0137. The highest BCUT2D eigenvalue weighted by Gasteiger charge is 2.46. The molecule has 0 saturated heterocycles. The van der Waals surface area contributed by atoms with Gasteiger partial charge in [-0.05, 0) is 157 Å². The molecular weight excluding hydrogens is 877 g/mol. The van der Waals surface area contributed by atoms with Gasteiger partial charge in [-0.1, -0.05) is 267 Å². The highest BCUT2D eigenvalue weighted by molar-refractivity contribution is 6.24. The molecule has 1 aliphatic rings. The van der Waals surface area contributed by atoms with Crippen LogP contribution >= 0.6 is 0 Å². The van der Waals surface area contributed by atoms with Crippen molar-refractivity contribution in [3.63, 3.8) is 0 Å². The molecule has 0 saturated carbocycles. The van der Waals surface area contributed by atoms with Gasteiger partial charge in [0.25, 0.3) is 0 Å². The van der Waals surface area contributed by atoms with Crippen LogP contribution in [0.1, 0.15) is 22.3 Å². The van der Waals surface area contributed by atoms with Crippen LogP contribution in [0.25, 0.3) is 110 Å². The largest absolute Gasteiger partial charge is 0.0713 e. The lowest BCUT2D eigenvalue weighted by Crippen LogP contribution is -2.28. The number of hydrogen-bond acceptors (Lipinski definition) is 0. The Bertz CT molecular complexity index is 4100. The molecule has 0 heteroatoms. The highest BCUT2D eigenvalue weighted by atomic mass is 14.5. The van der Waals surface area contributed by atoms with Gasteiger partial charge in [-0.3, -0.25) is 0 Å². The van der Waals surface area contributed by atoms with Crippen molar-refractivity contribution in [2.24, 2.45) is 0 Å². The summed E-state index contributed by atoms with van der Waals surface area (Å²) >= 11 is 0. The zero-order valence-corrected chi connectivity index (χ0v) is 40.2. The predicted octanol–water partition coefficient (Wildman–Crippen LogP) is 19.5. The van der Waals surface area contributed by atoms with Gasteiger partial charge in [0.1, 0.15) is 0 Å². The molecule has 0 N–H and O–H groups in total. The summed E-state index contributed by atoms with van der Waals surface area (Å²) in [5, 5.41) is 7.41. The third-order valence-electron chi connectivity index (χ3n) is 15.5. The lowest BCUT2D eigenvalue weighted by atomic mass is 9.67. The van der Waals surface area contributed by atoms with Crippen LogP contribution in [-0.4, -0.2) is 0 Å². The molecule has 0 heterocycles. The molecule has 0 amide bonds. The predicted molar refractivity (Wildman–Crippen MR) is 309 cm³/mol. The smallest absolute Gasteiger partial charge is 0.0622 e. The number of rotatable bonds is 8. The zero-order valence-electron chi connectivity index (χ0n) is 40.2. The van der Waals surface area contributed by atoms with Gasteiger partial charge in [-0.2, -0.15) is 0 Å². The van der Waals surface area contributed by atoms with Crippen LogP contribution in [0.15, 0.2) is 291 Å². The molecule has 73 heavy (non-hydrogen) atoms. The van der Waals surface area contributed by atoms with Gasteiger partial charge in [-0.15, -0.1) is 0 Å². The molecule has 1 unspecified atom stereocenters. The fourth-order valence-corrected chi connectivity index (χ4v) is 12.3. The lowest BCUT2D eigenvalue weighted by molar-refractivity contribution is 0.769. The van der Waals surface area contributed by atoms with E-state index in [0.29, 0.717) is 0 Å². The Hall–Kier alpha value is -9.36. The van der Waals surface area contributed by atoms with E-state index < -0.39 is 5.41 Å². The minimum atomic E-state index is -0.549. The minimum absolute atomic E-state index is 0.549. The maximum atomic E-state index is 2.53. The molecule has 0 radical (unpaired) electrons. The van der Waals surface area contributed by atoms with Crippen LogP contribution in [0, 0.1) is 0 Å². The third-order valence-corrected chi connectivity index (χ3v) is 15.5. The van der Waals surface area contributed by atoms with Gasteiger partial charge in [-0.25, -0.2) is 0 Å². The summed E-state index contributed by atoms with van der Waals surface area (Å²) in [6, 6.07) is 108. The second-order valence-corrected chi connectivity index (χ2v) is 19.4. The summed E-state index contributed by atoms with van der Waals surface area (Å²) in [6.07, 6.45) is 0. The molecule has 0 bridgehead atoms. The van der Waals surface area contributed by atoms with Gasteiger partial charge in [0.15, 0.2) is 0 Å². The van der Waals surface area contributed by atoms with E-state index in [2.05, 4.69) is 291 Å². The van der Waals surface area contributed by atoms with Crippen molar-refractivity contribution >= 4 is 32.3 Å². The number of benzene rings is 13. The Morgan fingerprint density at radius 3 is 1.12 bits per heavy atom. The van der Waals surface area contributed by atoms with Crippen LogP contribution in [-0.2, 0) is 5.41 Å². The monoisotopic (exact) mass is 924 g/mol. The first-order chi connectivity index (χ1) is 36.2. The summed E-state index contributed by atoms with van der Waals surface area (Å²) in [6.45, 7) is 0. The third kappa shape index (κ3) is 6.91. The first-order valence-electron chi connectivity index (χ1n) is 25.4. The Morgan fingerprint density at radius 2 is 0.548 bits per heavy atom. The first-order valence-corrected chi connectivity index (χ1v) is 25.4. The summed E-state index contributed by atoms with van der Waals surface area (Å²) in [7, 11) is 0. The molecule has 0 nitrogen and oxygen atoms in total. The van der Waals surface area contributed by atoms with Crippen molar-refractivity contribution in [1.82, 2.24) is 0 Å². The van der Waals surface area contributed by atoms with E-state index in [0.717, 1.165) is 0 Å². The molecule has 0 fully saturated rings. The van der Waals surface area contributed by atoms with Gasteiger partial charge < -0.3 is 0 Å². The molecule has 14 rings (SSSR count). The van der Waals surface area contributed by atoms with E-state index in [9.17, 15) is 0 Å². The SMILES string of the molecule is c1ccc(-c2ccc(C3(c4ccccc4)c4ccccc4-c4ccc(-c5c6ccccc6c(-c6ccc(-c7cc(-c8ccccc8)cc(-c8ccccc8)c7)c7ccccc67)c6ccccc56)cc43)cc2)cc1. The molecule has 0 spiro atoms. The van der Waals surface area contributed by atoms with Gasteiger partial charge in [0, 0.05) is 0 Å². The summed E-state index contributed by atoms with van der Waals surface area (Å²) in [5.41, 5.74) is 21.7. The Kier molecular flexibility index (Phi) is 10.2. The van der Waals surface area contributed by atoms with E-state index in [1.54, 1.807) is 0 Å². The average molecular weight is 925 g/mol. The van der Waals surface area contributed by atoms with E-state index >= 15 is 0 Å². The molecule has 13 aromatic rings.